The van der Waals surface area contributed by atoms with Crippen LogP contribution in [0.5, 0.6) is 0 Å². The molecule has 22 heavy (non-hydrogen) atoms. The van der Waals surface area contributed by atoms with Crippen LogP contribution in [0.25, 0.3) is 0 Å². The van der Waals surface area contributed by atoms with Crippen molar-refractivity contribution in [3.63, 3.8) is 0 Å². The van der Waals surface area contributed by atoms with Gasteiger partial charge in [-0.15, -0.1) is 0 Å². The molecule has 122 valence electrons. The predicted octanol–water partition coefficient (Wildman–Crippen LogP) is 1.51. The van der Waals surface area contributed by atoms with Crippen LogP contribution in [-0.4, -0.2) is 62.5 Å². The number of para-hydroxylation sites is 1. The second kappa shape index (κ2) is 7.14. The summed E-state index contributed by atoms with van der Waals surface area (Å²) in [7, 11) is -3.17. The van der Waals surface area contributed by atoms with Crippen molar-refractivity contribution in [2.24, 2.45) is 0 Å². The third kappa shape index (κ3) is 4.57. The molecule has 0 aliphatic carbocycles. The van der Waals surface area contributed by atoms with E-state index >= 15 is 0 Å². The summed E-state index contributed by atoms with van der Waals surface area (Å²) in [5, 5.41) is 3.45. The van der Waals surface area contributed by atoms with E-state index in [0.717, 1.165) is 0 Å². The fraction of sp³-hybridized carbons (Fsp3) is 0.462. The lowest BCUT2D eigenvalue weighted by Gasteiger charge is -2.32. The Morgan fingerprint density at radius 1 is 1.18 bits per heavy atom. The van der Waals surface area contributed by atoms with Gasteiger partial charge >= 0.3 is 0 Å². The molecule has 0 unspecified atom stereocenters. The molecule has 9 heteroatoms. The van der Waals surface area contributed by atoms with Crippen LogP contribution in [0.2, 0.25) is 10.0 Å². The van der Waals surface area contributed by atoms with Gasteiger partial charge in [-0.05, 0) is 12.1 Å². The van der Waals surface area contributed by atoms with Crippen LogP contribution in [-0.2, 0) is 14.8 Å². The van der Waals surface area contributed by atoms with Gasteiger partial charge in [0.1, 0.15) is 0 Å². The van der Waals surface area contributed by atoms with Gasteiger partial charge in [-0.2, -0.15) is 4.31 Å². The molecule has 1 aromatic rings. The zero-order valence-corrected chi connectivity index (χ0v) is 14.4. The second-order valence-electron chi connectivity index (χ2n) is 5.08. The number of benzene rings is 1. The maximum Gasteiger partial charge on any atom is 0.238 e. The lowest BCUT2D eigenvalue weighted by atomic mass is 10.3. The van der Waals surface area contributed by atoms with Gasteiger partial charge in [0.25, 0.3) is 0 Å². The monoisotopic (exact) mass is 365 g/mol. The molecule has 1 fully saturated rings. The largest absolute Gasteiger partial charge is 0.322 e. The first kappa shape index (κ1) is 17.5. The molecule has 0 aromatic heterocycles. The molecule has 2 rings (SSSR count). The quantitative estimate of drug-likeness (QED) is 0.877. The topological polar surface area (TPSA) is 69.7 Å². The summed E-state index contributed by atoms with van der Waals surface area (Å²) in [6.07, 6.45) is 1.19. The number of carbonyl (C=O) groups is 1. The zero-order valence-electron chi connectivity index (χ0n) is 12.1. The van der Waals surface area contributed by atoms with Gasteiger partial charge in [-0.1, -0.05) is 29.3 Å². The Bertz CT molecular complexity index is 638. The van der Waals surface area contributed by atoms with Gasteiger partial charge in [0, 0.05) is 26.2 Å². The first-order valence-electron chi connectivity index (χ1n) is 6.68. The van der Waals surface area contributed by atoms with Gasteiger partial charge in [0.2, 0.25) is 15.9 Å². The molecule has 0 atom stereocenters. The standard InChI is InChI=1S/C13H17Cl2N3O3S/c1-22(20,21)18-7-5-17(6-8-18)9-12(19)16-13-10(14)3-2-4-11(13)15/h2-4H,5-9H2,1H3,(H,16,19). The molecule has 0 spiro atoms. The van der Waals surface area contributed by atoms with Crippen LogP contribution in [0.1, 0.15) is 0 Å². The van der Waals surface area contributed by atoms with E-state index in [1.165, 1.54) is 10.6 Å². The van der Waals surface area contributed by atoms with E-state index in [9.17, 15) is 13.2 Å². The number of carbonyl (C=O) groups excluding carboxylic acids is 1. The van der Waals surface area contributed by atoms with E-state index < -0.39 is 10.0 Å². The van der Waals surface area contributed by atoms with Crippen LogP contribution in [0.15, 0.2) is 18.2 Å². The van der Waals surface area contributed by atoms with Gasteiger partial charge in [0.15, 0.2) is 0 Å². The van der Waals surface area contributed by atoms with Crippen molar-refractivity contribution in [3.8, 4) is 0 Å². The number of anilines is 1. The Kier molecular flexibility index (Phi) is 5.68. The normalized spacial score (nSPS) is 17.4. The van der Waals surface area contributed by atoms with Crippen molar-refractivity contribution in [2.75, 3.05) is 44.3 Å². The number of sulfonamides is 1. The summed E-state index contributed by atoms with van der Waals surface area (Å²) in [5.41, 5.74) is 0.394. The molecule has 1 heterocycles. The molecule has 1 aromatic carbocycles. The highest BCUT2D eigenvalue weighted by molar-refractivity contribution is 7.88. The van der Waals surface area contributed by atoms with Crippen LogP contribution >= 0.6 is 23.2 Å². The maximum atomic E-state index is 12.1. The lowest BCUT2D eigenvalue weighted by Crippen LogP contribution is -2.50. The number of rotatable bonds is 4. The summed E-state index contributed by atoms with van der Waals surface area (Å²) in [4.78, 5) is 14.0. The van der Waals surface area contributed by atoms with E-state index in [1.54, 1.807) is 18.2 Å². The lowest BCUT2D eigenvalue weighted by molar-refractivity contribution is -0.117. The summed E-state index contributed by atoms with van der Waals surface area (Å²) in [5.74, 6) is -0.234. The third-order valence-electron chi connectivity index (χ3n) is 3.39. The maximum absolute atomic E-state index is 12.1. The van der Waals surface area contributed by atoms with Crippen LogP contribution in [0, 0.1) is 0 Å². The number of halogens is 2. The summed E-state index contributed by atoms with van der Waals surface area (Å²) in [6.45, 7) is 1.96. The van der Waals surface area contributed by atoms with Gasteiger partial charge in [-0.25, -0.2) is 8.42 Å². The SMILES string of the molecule is CS(=O)(=O)N1CCN(CC(=O)Nc2c(Cl)cccc2Cl)CC1. The Balaban J connectivity index is 1.89. The van der Waals surface area contributed by atoms with Gasteiger partial charge in [0.05, 0.1) is 28.5 Å². The number of piperazine rings is 1. The fourth-order valence-corrected chi connectivity index (χ4v) is 3.54. The molecule has 1 N–H and O–H groups in total. The van der Waals surface area contributed by atoms with Crippen molar-refractivity contribution in [1.29, 1.82) is 0 Å². The first-order chi connectivity index (χ1) is 10.3. The average Bonchev–Trinajstić information content (AvgIpc) is 2.43. The second-order valence-corrected chi connectivity index (χ2v) is 7.88. The fourth-order valence-electron chi connectivity index (χ4n) is 2.22. The molecular weight excluding hydrogens is 349 g/mol. The molecule has 1 saturated heterocycles. The van der Waals surface area contributed by atoms with Gasteiger partial charge < -0.3 is 5.32 Å². The van der Waals surface area contributed by atoms with E-state index in [4.69, 9.17) is 23.2 Å². The number of hydrogen-bond donors (Lipinski definition) is 1. The smallest absolute Gasteiger partial charge is 0.238 e. The minimum Gasteiger partial charge on any atom is -0.322 e. The van der Waals surface area contributed by atoms with Crippen LogP contribution in [0.4, 0.5) is 5.69 Å². The summed E-state index contributed by atoms with van der Waals surface area (Å²) in [6, 6.07) is 4.99. The predicted molar refractivity (Wildman–Crippen MR) is 87.9 cm³/mol. The highest BCUT2D eigenvalue weighted by Crippen LogP contribution is 2.29. The highest BCUT2D eigenvalue weighted by atomic mass is 35.5. The van der Waals surface area contributed by atoms with E-state index in [-0.39, 0.29) is 12.5 Å². The van der Waals surface area contributed by atoms with Gasteiger partial charge in [-0.3, -0.25) is 9.69 Å². The van der Waals surface area contributed by atoms with Crippen LogP contribution < -0.4 is 5.32 Å². The van der Waals surface area contributed by atoms with Crippen molar-refractivity contribution < 1.29 is 13.2 Å². The minimum absolute atomic E-state index is 0.166. The highest BCUT2D eigenvalue weighted by Gasteiger charge is 2.24. The number of nitrogens with zero attached hydrogens (tertiary/aromatic N) is 2. The molecular formula is C13H17Cl2N3O3S. The minimum atomic E-state index is -3.17. The molecule has 6 nitrogen and oxygen atoms in total. The summed E-state index contributed by atoms with van der Waals surface area (Å²) >= 11 is 12.0. The van der Waals surface area contributed by atoms with E-state index in [0.29, 0.717) is 41.9 Å². The van der Waals surface area contributed by atoms with Crippen molar-refractivity contribution in [2.45, 2.75) is 0 Å². The molecule has 1 aliphatic rings. The van der Waals surface area contributed by atoms with Crippen molar-refractivity contribution in [3.05, 3.63) is 28.2 Å². The number of amides is 1. The Morgan fingerprint density at radius 2 is 1.73 bits per heavy atom. The Hall–Kier alpha value is -0.860. The molecule has 0 bridgehead atoms. The zero-order chi connectivity index (χ0) is 16.3. The van der Waals surface area contributed by atoms with Crippen molar-refractivity contribution in [1.82, 2.24) is 9.21 Å². The van der Waals surface area contributed by atoms with E-state index in [2.05, 4.69) is 5.32 Å². The number of hydrogen-bond acceptors (Lipinski definition) is 4. The summed E-state index contributed by atoms with van der Waals surface area (Å²) < 4.78 is 24.3. The molecule has 0 radical (unpaired) electrons. The molecule has 1 amide bonds. The number of nitrogens with one attached hydrogen (secondary N) is 1. The Morgan fingerprint density at radius 3 is 2.23 bits per heavy atom. The third-order valence-corrected chi connectivity index (χ3v) is 5.33. The van der Waals surface area contributed by atoms with Crippen LogP contribution in [0.3, 0.4) is 0 Å². The Labute approximate surface area is 140 Å². The van der Waals surface area contributed by atoms with E-state index in [1.807, 2.05) is 4.90 Å². The molecule has 0 saturated carbocycles. The average molecular weight is 366 g/mol. The van der Waals surface area contributed by atoms with Crippen molar-refractivity contribution >= 4 is 44.8 Å². The molecule has 1 aliphatic heterocycles. The first-order valence-corrected chi connectivity index (χ1v) is 9.29.